The monoisotopic (exact) mass is 217 g/mol. The van der Waals surface area contributed by atoms with E-state index in [-0.39, 0.29) is 0 Å². The van der Waals surface area contributed by atoms with Gasteiger partial charge >= 0.3 is 0 Å². The first-order valence-electron chi connectivity index (χ1n) is 5.47. The van der Waals surface area contributed by atoms with Crippen molar-refractivity contribution < 1.29 is 4.74 Å². The minimum atomic E-state index is 0.358. The van der Waals surface area contributed by atoms with Gasteiger partial charge in [0, 0.05) is 23.9 Å². The summed E-state index contributed by atoms with van der Waals surface area (Å²) in [7, 11) is 0. The maximum atomic E-state index is 5.52. The van der Waals surface area contributed by atoms with Crippen LogP contribution < -0.4 is 5.32 Å². The Labute approximate surface area is 92.2 Å². The molecule has 1 aliphatic rings. The molecule has 0 spiro atoms. The number of ether oxygens (including phenoxy) is 1. The second-order valence-corrected chi connectivity index (χ2v) is 6.10. The van der Waals surface area contributed by atoms with Crippen molar-refractivity contribution in [2.24, 2.45) is 0 Å². The SMILES string of the molecule is CCOC1CC(NCC(C)(C)SC)C1. The molecule has 14 heavy (non-hydrogen) atoms. The summed E-state index contributed by atoms with van der Waals surface area (Å²) >= 11 is 1.92. The van der Waals surface area contributed by atoms with Crippen molar-refractivity contribution in [3.63, 3.8) is 0 Å². The molecule has 0 amide bonds. The van der Waals surface area contributed by atoms with Gasteiger partial charge in [-0.3, -0.25) is 0 Å². The molecule has 84 valence electrons. The van der Waals surface area contributed by atoms with E-state index in [4.69, 9.17) is 4.74 Å². The fraction of sp³-hybridized carbons (Fsp3) is 1.00. The van der Waals surface area contributed by atoms with E-state index in [0.717, 1.165) is 13.2 Å². The molecule has 0 unspecified atom stereocenters. The van der Waals surface area contributed by atoms with E-state index in [9.17, 15) is 0 Å². The van der Waals surface area contributed by atoms with Crippen LogP contribution in [0.25, 0.3) is 0 Å². The fourth-order valence-corrected chi connectivity index (χ4v) is 1.79. The van der Waals surface area contributed by atoms with Gasteiger partial charge in [0.05, 0.1) is 6.10 Å². The van der Waals surface area contributed by atoms with Crippen LogP contribution in [0.3, 0.4) is 0 Å². The largest absolute Gasteiger partial charge is 0.378 e. The fourth-order valence-electron chi connectivity index (χ4n) is 1.57. The highest BCUT2D eigenvalue weighted by Gasteiger charge is 2.30. The van der Waals surface area contributed by atoms with Crippen LogP contribution in [0.4, 0.5) is 0 Å². The number of thioether (sulfide) groups is 1. The van der Waals surface area contributed by atoms with E-state index in [1.54, 1.807) is 0 Å². The first-order valence-corrected chi connectivity index (χ1v) is 6.70. The second kappa shape index (κ2) is 5.38. The van der Waals surface area contributed by atoms with Gasteiger partial charge in [-0.25, -0.2) is 0 Å². The molecular formula is C11H23NOS. The van der Waals surface area contributed by atoms with Gasteiger partial charge in [-0.2, -0.15) is 11.8 Å². The predicted octanol–water partition coefficient (Wildman–Crippen LogP) is 2.29. The van der Waals surface area contributed by atoms with Gasteiger partial charge < -0.3 is 10.1 Å². The van der Waals surface area contributed by atoms with E-state index in [0.29, 0.717) is 16.9 Å². The summed E-state index contributed by atoms with van der Waals surface area (Å²) in [5.74, 6) is 0. The van der Waals surface area contributed by atoms with Crippen molar-refractivity contribution in [2.45, 2.75) is 50.5 Å². The normalized spacial score (nSPS) is 27.4. The van der Waals surface area contributed by atoms with Crippen molar-refractivity contribution in [3.05, 3.63) is 0 Å². The maximum absolute atomic E-state index is 5.52. The predicted molar refractivity (Wildman–Crippen MR) is 64.0 cm³/mol. The molecule has 0 aromatic carbocycles. The minimum Gasteiger partial charge on any atom is -0.378 e. The van der Waals surface area contributed by atoms with Crippen molar-refractivity contribution in [3.8, 4) is 0 Å². The summed E-state index contributed by atoms with van der Waals surface area (Å²) in [6.07, 6.45) is 5.08. The van der Waals surface area contributed by atoms with Crippen molar-refractivity contribution in [2.75, 3.05) is 19.4 Å². The summed E-state index contributed by atoms with van der Waals surface area (Å²) in [6.45, 7) is 8.58. The summed E-state index contributed by atoms with van der Waals surface area (Å²) in [4.78, 5) is 0. The molecule has 2 nitrogen and oxygen atoms in total. The Hall–Kier alpha value is 0.270. The quantitative estimate of drug-likeness (QED) is 0.737. The topological polar surface area (TPSA) is 21.3 Å². The van der Waals surface area contributed by atoms with Crippen LogP contribution in [-0.2, 0) is 4.74 Å². The van der Waals surface area contributed by atoms with Gasteiger partial charge in [0.15, 0.2) is 0 Å². The number of nitrogens with one attached hydrogen (secondary N) is 1. The zero-order chi connectivity index (χ0) is 10.6. The molecular weight excluding hydrogens is 194 g/mol. The molecule has 0 aliphatic heterocycles. The smallest absolute Gasteiger partial charge is 0.0604 e. The molecule has 0 saturated heterocycles. The Kier molecular flexibility index (Phi) is 4.74. The Morgan fingerprint density at radius 1 is 1.43 bits per heavy atom. The van der Waals surface area contributed by atoms with Crippen molar-refractivity contribution >= 4 is 11.8 Å². The maximum Gasteiger partial charge on any atom is 0.0604 e. The molecule has 1 N–H and O–H groups in total. The highest BCUT2D eigenvalue weighted by atomic mass is 32.2. The van der Waals surface area contributed by atoms with Gasteiger partial charge in [-0.1, -0.05) is 0 Å². The average Bonchev–Trinajstić information content (AvgIpc) is 2.09. The van der Waals surface area contributed by atoms with Crippen molar-refractivity contribution in [1.29, 1.82) is 0 Å². The highest BCUT2D eigenvalue weighted by molar-refractivity contribution is 7.99. The number of hydrogen-bond donors (Lipinski definition) is 1. The second-order valence-electron chi connectivity index (χ2n) is 4.59. The average molecular weight is 217 g/mol. The first kappa shape index (κ1) is 12.3. The van der Waals surface area contributed by atoms with E-state index in [2.05, 4.69) is 32.3 Å². The van der Waals surface area contributed by atoms with Crippen LogP contribution in [0.5, 0.6) is 0 Å². The molecule has 0 aromatic rings. The van der Waals surface area contributed by atoms with Crippen LogP contribution >= 0.6 is 11.8 Å². The minimum absolute atomic E-state index is 0.358. The summed E-state index contributed by atoms with van der Waals surface area (Å²) in [5, 5.41) is 3.60. The molecule has 1 rings (SSSR count). The molecule has 0 radical (unpaired) electrons. The Balaban J connectivity index is 2.06. The number of rotatable bonds is 6. The Morgan fingerprint density at radius 3 is 2.57 bits per heavy atom. The Bertz CT molecular complexity index is 167. The third kappa shape index (κ3) is 3.79. The zero-order valence-corrected chi connectivity index (χ0v) is 10.6. The Morgan fingerprint density at radius 2 is 2.07 bits per heavy atom. The van der Waals surface area contributed by atoms with Crippen LogP contribution in [0.2, 0.25) is 0 Å². The summed E-state index contributed by atoms with van der Waals surface area (Å²) in [6, 6.07) is 0.693. The molecule has 0 bridgehead atoms. The van der Waals surface area contributed by atoms with Gasteiger partial charge in [0.1, 0.15) is 0 Å². The molecule has 0 atom stereocenters. The lowest BCUT2D eigenvalue weighted by Gasteiger charge is -2.37. The molecule has 0 aromatic heterocycles. The lowest BCUT2D eigenvalue weighted by atomic mass is 9.89. The lowest BCUT2D eigenvalue weighted by Crippen LogP contribution is -2.48. The molecule has 1 fully saturated rings. The van der Waals surface area contributed by atoms with Crippen LogP contribution in [0.1, 0.15) is 33.6 Å². The summed E-state index contributed by atoms with van der Waals surface area (Å²) in [5.41, 5.74) is 0. The van der Waals surface area contributed by atoms with E-state index >= 15 is 0 Å². The number of hydrogen-bond acceptors (Lipinski definition) is 3. The van der Waals surface area contributed by atoms with Crippen LogP contribution in [0.15, 0.2) is 0 Å². The van der Waals surface area contributed by atoms with Crippen molar-refractivity contribution in [1.82, 2.24) is 5.32 Å². The molecule has 1 saturated carbocycles. The van der Waals surface area contributed by atoms with Gasteiger partial charge in [-0.05, 0) is 39.9 Å². The standard InChI is InChI=1S/C11H23NOS/c1-5-13-10-6-9(7-10)12-8-11(2,3)14-4/h9-10,12H,5-8H2,1-4H3. The highest BCUT2D eigenvalue weighted by Crippen LogP contribution is 2.25. The van der Waals surface area contributed by atoms with E-state index < -0.39 is 0 Å². The lowest BCUT2D eigenvalue weighted by molar-refractivity contribution is -0.0100. The van der Waals surface area contributed by atoms with Gasteiger partial charge in [0.2, 0.25) is 0 Å². The van der Waals surface area contributed by atoms with Gasteiger partial charge in [-0.15, -0.1) is 0 Å². The molecule has 3 heteroatoms. The molecule has 0 heterocycles. The third-order valence-corrected chi connectivity index (χ3v) is 4.12. The summed E-state index contributed by atoms with van der Waals surface area (Å²) < 4.78 is 5.88. The van der Waals surface area contributed by atoms with Crippen LogP contribution in [-0.4, -0.2) is 36.3 Å². The molecule has 1 aliphatic carbocycles. The first-order chi connectivity index (χ1) is 6.57. The van der Waals surface area contributed by atoms with E-state index in [1.807, 2.05) is 11.8 Å². The zero-order valence-electron chi connectivity index (χ0n) is 9.80. The van der Waals surface area contributed by atoms with Gasteiger partial charge in [0.25, 0.3) is 0 Å². The van der Waals surface area contributed by atoms with Crippen LogP contribution in [0, 0.1) is 0 Å². The van der Waals surface area contributed by atoms with E-state index in [1.165, 1.54) is 12.8 Å². The third-order valence-electron chi connectivity index (χ3n) is 2.87.